The molecule has 2 aliphatic rings. The molecule has 4 rings (SSSR count). The number of hydrogen-bond donors (Lipinski definition) is 2. The fourth-order valence-electron chi connectivity index (χ4n) is 3.29. The molecule has 1 aromatic heterocycles. The summed E-state index contributed by atoms with van der Waals surface area (Å²) in [4.78, 5) is 26.5. The van der Waals surface area contributed by atoms with E-state index < -0.39 is 5.66 Å². The van der Waals surface area contributed by atoms with Crippen molar-refractivity contribution in [3.8, 4) is 0 Å². The summed E-state index contributed by atoms with van der Waals surface area (Å²) in [5, 5.41) is 7.03. The van der Waals surface area contributed by atoms with Gasteiger partial charge in [-0.3, -0.25) is 9.59 Å². The number of carbonyl (C=O) groups is 2. The SMILES string of the molecule is O=C1NC2(CCN(C(=O)c3ccco3)CC2)Nc2cc(Cl)ccc21. The molecular weight excluding hydrogens is 330 g/mol. The largest absolute Gasteiger partial charge is 0.459 e. The molecule has 3 heterocycles. The van der Waals surface area contributed by atoms with Gasteiger partial charge in [-0.25, -0.2) is 0 Å². The molecule has 0 radical (unpaired) electrons. The van der Waals surface area contributed by atoms with Crippen LogP contribution in [-0.4, -0.2) is 35.5 Å². The Morgan fingerprint density at radius 2 is 2.00 bits per heavy atom. The summed E-state index contributed by atoms with van der Waals surface area (Å²) in [7, 11) is 0. The van der Waals surface area contributed by atoms with Crippen molar-refractivity contribution >= 4 is 29.1 Å². The maximum Gasteiger partial charge on any atom is 0.289 e. The van der Waals surface area contributed by atoms with Crippen molar-refractivity contribution in [3.05, 3.63) is 52.9 Å². The number of halogens is 1. The van der Waals surface area contributed by atoms with Crippen LogP contribution in [0.25, 0.3) is 0 Å². The summed E-state index contributed by atoms with van der Waals surface area (Å²) in [6.07, 6.45) is 2.70. The molecule has 1 spiro atoms. The van der Waals surface area contributed by atoms with E-state index in [9.17, 15) is 9.59 Å². The standard InChI is InChI=1S/C17H16ClN3O3/c18-11-3-4-12-13(10-11)19-17(20-15(12)22)5-7-21(8-6-17)16(23)14-2-1-9-24-14/h1-4,9-10,19H,5-8H2,(H,20,22). The molecule has 6 nitrogen and oxygen atoms in total. The summed E-state index contributed by atoms with van der Waals surface area (Å²) < 4.78 is 5.17. The van der Waals surface area contributed by atoms with Crippen LogP contribution in [-0.2, 0) is 0 Å². The van der Waals surface area contributed by atoms with E-state index in [1.165, 1.54) is 6.26 Å². The first kappa shape index (κ1) is 15.1. The fraction of sp³-hybridized carbons (Fsp3) is 0.294. The monoisotopic (exact) mass is 345 g/mol. The highest BCUT2D eigenvalue weighted by atomic mass is 35.5. The van der Waals surface area contributed by atoms with E-state index in [-0.39, 0.29) is 11.8 Å². The highest BCUT2D eigenvalue weighted by Gasteiger charge is 2.41. The van der Waals surface area contributed by atoms with Gasteiger partial charge in [0.25, 0.3) is 11.8 Å². The molecule has 1 saturated heterocycles. The van der Waals surface area contributed by atoms with Gasteiger partial charge in [0.05, 0.1) is 17.5 Å². The van der Waals surface area contributed by atoms with Crippen LogP contribution in [0.15, 0.2) is 41.0 Å². The fourth-order valence-corrected chi connectivity index (χ4v) is 3.46. The number of hydrogen-bond acceptors (Lipinski definition) is 4. The molecule has 1 fully saturated rings. The molecule has 2 aromatic rings. The number of amides is 2. The van der Waals surface area contributed by atoms with Crippen LogP contribution in [0.1, 0.15) is 33.8 Å². The predicted molar refractivity (Wildman–Crippen MR) is 89.1 cm³/mol. The second-order valence-corrected chi connectivity index (χ2v) is 6.56. The number of rotatable bonds is 1. The second kappa shape index (κ2) is 5.56. The smallest absolute Gasteiger partial charge is 0.289 e. The molecule has 24 heavy (non-hydrogen) atoms. The first-order chi connectivity index (χ1) is 11.6. The first-order valence-corrected chi connectivity index (χ1v) is 8.17. The Balaban J connectivity index is 1.51. The summed E-state index contributed by atoms with van der Waals surface area (Å²) in [6.45, 7) is 1.06. The van der Waals surface area contributed by atoms with Crippen LogP contribution in [0.4, 0.5) is 5.69 Å². The number of anilines is 1. The van der Waals surface area contributed by atoms with Crippen molar-refractivity contribution in [2.75, 3.05) is 18.4 Å². The van der Waals surface area contributed by atoms with Gasteiger partial charge in [-0.2, -0.15) is 0 Å². The minimum atomic E-state index is -0.547. The Morgan fingerprint density at radius 3 is 2.71 bits per heavy atom. The lowest BCUT2D eigenvalue weighted by molar-refractivity contribution is 0.0612. The quantitative estimate of drug-likeness (QED) is 0.833. The zero-order valence-corrected chi connectivity index (χ0v) is 13.6. The highest BCUT2D eigenvalue weighted by molar-refractivity contribution is 6.31. The van der Waals surface area contributed by atoms with Crippen LogP contribution in [0, 0.1) is 0 Å². The molecule has 0 saturated carbocycles. The molecule has 2 aliphatic heterocycles. The van der Waals surface area contributed by atoms with Gasteiger partial charge in [-0.15, -0.1) is 0 Å². The first-order valence-electron chi connectivity index (χ1n) is 7.79. The molecule has 0 bridgehead atoms. The molecular formula is C17H16ClN3O3. The Morgan fingerprint density at radius 1 is 1.21 bits per heavy atom. The Bertz CT molecular complexity index is 795. The molecule has 0 unspecified atom stereocenters. The zero-order valence-electron chi connectivity index (χ0n) is 12.8. The van der Waals surface area contributed by atoms with E-state index in [1.54, 1.807) is 35.2 Å². The van der Waals surface area contributed by atoms with Crippen molar-refractivity contribution in [1.82, 2.24) is 10.2 Å². The number of carbonyl (C=O) groups excluding carboxylic acids is 2. The number of furan rings is 1. The van der Waals surface area contributed by atoms with Crippen LogP contribution >= 0.6 is 11.6 Å². The lowest BCUT2D eigenvalue weighted by atomic mass is 9.92. The zero-order chi connectivity index (χ0) is 16.7. The van der Waals surface area contributed by atoms with Crippen molar-refractivity contribution in [3.63, 3.8) is 0 Å². The van der Waals surface area contributed by atoms with E-state index in [1.807, 2.05) is 0 Å². The second-order valence-electron chi connectivity index (χ2n) is 6.12. The van der Waals surface area contributed by atoms with Gasteiger partial charge in [-0.1, -0.05) is 11.6 Å². The summed E-state index contributed by atoms with van der Waals surface area (Å²) in [6, 6.07) is 8.53. The lowest BCUT2D eigenvalue weighted by Gasteiger charge is -2.45. The van der Waals surface area contributed by atoms with Crippen molar-refractivity contribution < 1.29 is 14.0 Å². The van der Waals surface area contributed by atoms with E-state index >= 15 is 0 Å². The molecule has 0 atom stereocenters. The number of likely N-dealkylation sites (tertiary alicyclic amines) is 1. The number of fused-ring (bicyclic) bond motifs is 1. The average molecular weight is 346 g/mol. The van der Waals surface area contributed by atoms with E-state index in [0.717, 1.165) is 5.69 Å². The maximum atomic E-state index is 12.4. The van der Waals surface area contributed by atoms with Gasteiger partial charge in [0.2, 0.25) is 0 Å². The molecule has 124 valence electrons. The van der Waals surface area contributed by atoms with Gasteiger partial charge in [0.15, 0.2) is 5.76 Å². The molecule has 2 amide bonds. The van der Waals surface area contributed by atoms with E-state index in [2.05, 4.69) is 10.6 Å². The van der Waals surface area contributed by atoms with Crippen LogP contribution in [0.2, 0.25) is 5.02 Å². The maximum absolute atomic E-state index is 12.4. The molecule has 7 heteroatoms. The molecule has 2 N–H and O–H groups in total. The van der Waals surface area contributed by atoms with Crippen LogP contribution < -0.4 is 10.6 Å². The minimum Gasteiger partial charge on any atom is -0.459 e. The number of benzene rings is 1. The van der Waals surface area contributed by atoms with Gasteiger partial charge in [-0.05, 0) is 30.3 Å². The number of nitrogens with zero attached hydrogens (tertiary/aromatic N) is 1. The molecule has 1 aromatic carbocycles. The van der Waals surface area contributed by atoms with Gasteiger partial charge < -0.3 is 20.0 Å². The van der Waals surface area contributed by atoms with Crippen molar-refractivity contribution in [2.45, 2.75) is 18.5 Å². The van der Waals surface area contributed by atoms with Gasteiger partial charge in [0, 0.05) is 31.0 Å². The van der Waals surface area contributed by atoms with Crippen LogP contribution in [0.3, 0.4) is 0 Å². The van der Waals surface area contributed by atoms with E-state index in [4.69, 9.17) is 16.0 Å². The predicted octanol–water partition coefficient (Wildman–Crippen LogP) is 2.72. The Labute approximate surface area is 143 Å². The normalized spacial score (nSPS) is 18.7. The van der Waals surface area contributed by atoms with E-state index in [0.29, 0.717) is 42.3 Å². The third kappa shape index (κ3) is 2.53. The summed E-state index contributed by atoms with van der Waals surface area (Å²) in [5.74, 6) is 0.0929. The van der Waals surface area contributed by atoms with Crippen molar-refractivity contribution in [1.29, 1.82) is 0 Å². The third-order valence-electron chi connectivity index (χ3n) is 4.59. The third-order valence-corrected chi connectivity index (χ3v) is 4.82. The Hall–Kier alpha value is -2.47. The summed E-state index contributed by atoms with van der Waals surface area (Å²) >= 11 is 6.04. The van der Waals surface area contributed by atoms with Crippen LogP contribution in [0.5, 0.6) is 0 Å². The number of nitrogens with one attached hydrogen (secondary N) is 2. The Kier molecular flexibility index (Phi) is 3.49. The number of piperidine rings is 1. The lowest BCUT2D eigenvalue weighted by Crippen LogP contribution is -2.62. The average Bonchev–Trinajstić information content (AvgIpc) is 3.09. The topological polar surface area (TPSA) is 74.6 Å². The van der Waals surface area contributed by atoms with Crippen molar-refractivity contribution in [2.24, 2.45) is 0 Å². The van der Waals surface area contributed by atoms with Gasteiger partial charge >= 0.3 is 0 Å². The minimum absolute atomic E-state index is 0.119. The summed E-state index contributed by atoms with van der Waals surface area (Å²) in [5.41, 5.74) is 0.769. The molecule has 0 aliphatic carbocycles. The highest BCUT2D eigenvalue weighted by Crippen LogP contribution is 2.33. The van der Waals surface area contributed by atoms with Gasteiger partial charge in [0.1, 0.15) is 5.66 Å².